The highest BCUT2D eigenvalue weighted by Gasteiger charge is 2.47. The Bertz CT molecular complexity index is 554. The number of ketones is 1. The van der Waals surface area contributed by atoms with E-state index in [1.54, 1.807) is 12.3 Å². The normalized spacial score (nSPS) is 20.6. The number of Topliss-reactive ketones (excluding diaryl/α,β-unsaturated/α-hetero) is 1. The standard InChI is InChI=1S/C20H34O4Si/c1-13(2)25(14(3)4,15(5)6)24-16-11-19(23-12-16)20(22)17-9-7-8-10-18(17)21/h11-15,17,20,22H,7-10H2,1-6H3. The topological polar surface area (TPSA) is 59.7 Å². The maximum absolute atomic E-state index is 12.1. The first-order valence-electron chi connectivity index (χ1n) is 9.68. The second kappa shape index (κ2) is 8.08. The van der Waals surface area contributed by atoms with Gasteiger partial charge in [-0.1, -0.05) is 48.0 Å². The number of aliphatic hydroxyl groups excluding tert-OH is 1. The van der Waals surface area contributed by atoms with Gasteiger partial charge in [0.25, 0.3) is 8.32 Å². The van der Waals surface area contributed by atoms with Gasteiger partial charge in [-0.05, 0) is 29.5 Å². The lowest BCUT2D eigenvalue weighted by Gasteiger charge is -2.41. The van der Waals surface area contributed by atoms with Crippen LogP contribution in [-0.2, 0) is 4.79 Å². The molecule has 0 radical (unpaired) electrons. The van der Waals surface area contributed by atoms with E-state index in [1.807, 2.05) is 0 Å². The van der Waals surface area contributed by atoms with Crippen LogP contribution in [0.2, 0.25) is 16.6 Å². The van der Waals surface area contributed by atoms with Crippen molar-refractivity contribution in [1.29, 1.82) is 0 Å². The highest BCUT2D eigenvalue weighted by Crippen LogP contribution is 2.43. The fourth-order valence-corrected chi connectivity index (χ4v) is 9.87. The van der Waals surface area contributed by atoms with Crippen LogP contribution >= 0.6 is 0 Å². The molecule has 4 nitrogen and oxygen atoms in total. The van der Waals surface area contributed by atoms with E-state index >= 15 is 0 Å². The average molecular weight is 367 g/mol. The van der Waals surface area contributed by atoms with Crippen LogP contribution in [0.5, 0.6) is 5.75 Å². The van der Waals surface area contributed by atoms with E-state index in [2.05, 4.69) is 41.5 Å². The molecule has 2 rings (SSSR count). The van der Waals surface area contributed by atoms with E-state index in [0.717, 1.165) is 19.3 Å². The summed E-state index contributed by atoms with van der Waals surface area (Å²) in [4.78, 5) is 12.1. The van der Waals surface area contributed by atoms with Crippen molar-refractivity contribution in [3.63, 3.8) is 0 Å². The first-order valence-corrected chi connectivity index (χ1v) is 11.8. The second-order valence-electron chi connectivity index (χ2n) is 8.37. The molecule has 1 aromatic heterocycles. The molecule has 5 heteroatoms. The summed E-state index contributed by atoms with van der Waals surface area (Å²) in [5, 5.41) is 10.6. The minimum Gasteiger partial charge on any atom is -0.541 e. The molecule has 1 saturated carbocycles. The molecule has 0 saturated heterocycles. The molecule has 1 aliphatic rings. The van der Waals surface area contributed by atoms with Gasteiger partial charge in [0.05, 0.1) is 5.92 Å². The van der Waals surface area contributed by atoms with E-state index in [0.29, 0.717) is 34.6 Å². The Morgan fingerprint density at radius 1 is 1.12 bits per heavy atom. The van der Waals surface area contributed by atoms with Crippen molar-refractivity contribution >= 4 is 14.1 Å². The van der Waals surface area contributed by atoms with Crippen LogP contribution in [0.15, 0.2) is 16.7 Å². The molecule has 142 valence electrons. The van der Waals surface area contributed by atoms with Crippen molar-refractivity contribution < 1.29 is 18.7 Å². The van der Waals surface area contributed by atoms with Gasteiger partial charge in [0.1, 0.15) is 29.7 Å². The first-order chi connectivity index (χ1) is 11.7. The third-order valence-electron chi connectivity index (χ3n) is 5.87. The molecule has 1 N–H and O–H groups in total. The van der Waals surface area contributed by atoms with Gasteiger partial charge in [0.2, 0.25) is 0 Å². The molecule has 2 atom stereocenters. The molecule has 1 aliphatic carbocycles. The van der Waals surface area contributed by atoms with Gasteiger partial charge in [0.15, 0.2) is 0 Å². The van der Waals surface area contributed by atoms with Crippen molar-refractivity contribution in [3.8, 4) is 5.75 Å². The monoisotopic (exact) mass is 366 g/mol. The average Bonchev–Trinajstić information content (AvgIpc) is 2.99. The van der Waals surface area contributed by atoms with Crippen molar-refractivity contribution in [2.45, 2.75) is 90.0 Å². The predicted molar refractivity (Wildman–Crippen MR) is 102 cm³/mol. The highest BCUT2D eigenvalue weighted by molar-refractivity contribution is 6.78. The summed E-state index contributed by atoms with van der Waals surface area (Å²) in [5.41, 5.74) is 1.40. The van der Waals surface area contributed by atoms with E-state index in [-0.39, 0.29) is 11.7 Å². The lowest BCUT2D eigenvalue weighted by Crippen LogP contribution is -2.50. The van der Waals surface area contributed by atoms with Gasteiger partial charge in [-0.15, -0.1) is 0 Å². The summed E-state index contributed by atoms with van der Waals surface area (Å²) in [6.07, 6.45) is 3.95. The molecule has 1 fully saturated rings. The molecule has 1 aromatic rings. The Hall–Kier alpha value is -1.07. The van der Waals surface area contributed by atoms with E-state index in [4.69, 9.17) is 8.84 Å². The van der Waals surface area contributed by atoms with E-state index in [1.165, 1.54) is 0 Å². The lowest BCUT2D eigenvalue weighted by atomic mass is 9.83. The smallest absolute Gasteiger partial charge is 0.258 e. The number of hydrogen-bond donors (Lipinski definition) is 1. The third kappa shape index (κ3) is 4.03. The zero-order valence-electron chi connectivity index (χ0n) is 16.5. The minimum absolute atomic E-state index is 0.146. The molecular formula is C20H34O4Si. The summed E-state index contributed by atoms with van der Waals surface area (Å²) in [6.45, 7) is 13.4. The number of carbonyl (C=O) groups is 1. The minimum atomic E-state index is -2.05. The Balaban J connectivity index is 2.21. The molecule has 1 heterocycles. The molecule has 25 heavy (non-hydrogen) atoms. The quantitative estimate of drug-likeness (QED) is 0.636. The van der Waals surface area contributed by atoms with Gasteiger partial charge in [-0.2, -0.15) is 0 Å². The second-order valence-corrected chi connectivity index (χ2v) is 13.7. The van der Waals surface area contributed by atoms with Crippen LogP contribution in [0, 0.1) is 5.92 Å². The van der Waals surface area contributed by atoms with Gasteiger partial charge in [-0.25, -0.2) is 0 Å². The van der Waals surface area contributed by atoms with Crippen molar-refractivity contribution in [2.75, 3.05) is 0 Å². The van der Waals surface area contributed by atoms with Crippen molar-refractivity contribution in [3.05, 3.63) is 18.1 Å². The molecule has 0 spiro atoms. The lowest BCUT2D eigenvalue weighted by molar-refractivity contribution is -0.129. The highest BCUT2D eigenvalue weighted by atomic mass is 28.4. The number of rotatable bonds is 7. The largest absolute Gasteiger partial charge is 0.541 e. The van der Waals surface area contributed by atoms with Crippen LogP contribution in [0.25, 0.3) is 0 Å². The van der Waals surface area contributed by atoms with Crippen molar-refractivity contribution in [1.82, 2.24) is 0 Å². The molecule has 0 bridgehead atoms. The molecule has 0 amide bonds. The summed E-state index contributed by atoms with van der Waals surface area (Å²) in [6, 6.07) is 1.79. The molecule has 0 aliphatic heterocycles. The van der Waals surface area contributed by atoms with E-state index < -0.39 is 14.4 Å². The van der Waals surface area contributed by atoms with E-state index in [9.17, 15) is 9.90 Å². The molecular weight excluding hydrogens is 332 g/mol. The fraction of sp³-hybridized carbons (Fsp3) is 0.750. The number of aliphatic hydroxyl groups is 1. The SMILES string of the molecule is CC(C)[Si](Oc1coc(C(O)C2CCCCC2=O)c1)(C(C)C)C(C)C. The third-order valence-corrected chi connectivity index (χ3v) is 11.9. The molecule has 2 unspecified atom stereocenters. The summed E-state index contributed by atoms with van der Waals surface area (Å²) >= 11 is 0. The van der Waals surface area contributed by atoms with Crippen LogP contribution in [0.3, 0.4) is 0 Å². The first kappa shape index (κ1) is 20.2. The zero-order chi connectivity index (χ0) is 18.8. The Morgan fingerprint density at radius 3 is 2.24 bits per heavy atom. The molecule has 0 aromatic carbocycles. The summed E-state index contributed by atoms with van der Waals surface area (Å²) < 4.78 is 12.2. The van der Waals surface area contributed by atoms with Gasteiger partial charge in [-0.3, -0.25) is 4.79 Å². The van der Waals surface area contributed by atoms with Crippen LogP contribution in [-0.4, -0.2) is 19.2 Å². The maximum Gasteiger partial charge on any atom is 0.258 e. The van der Waals surface area contributed by atoms with Crippen molar-refractivity contribution in [2.24, 2.45) is 5.92 Å². The van der Waals surface area contributed by atoms with Gasteiger partial charge < -0.3 is 13.9 Å². The fourth-order valence-electron chi connectivity index (χ4n) is 4.64. The zero-order valence-corrected chi connectivity index (χ0v) is 17.5. The number of carbonyl (C=O) groups excluding carboxylic acids is 1. The number of furan rings is 1. The van der Waals surface area contributed by atoms with Crippen LogP contribution in [0.4, 0.5) is 0 Å². The maximum atomic E-state index is 12.1. The van der Waals surface area contributed by atoms with Crippen LogP contribution in [0.1, 0.15) is 79.1 Å². The predicted octanol–water partition coefficient (Wildman–Crippen LogP) is 5.63. The Kier molecular flexibility index (Phi) is 6.55. The van der Waals surface area contributed by atoms with Gasteiger partial charge >= 0.3 is 0 Å². The Morgan fingerprint density at radius 2 is 1.72 bits per heavy atom. The van der Waals surface area contributed by atoms with Crippen LogP contribution < -0.4 is 4.43 Å². The number of hydrogen-bond acceptors (Lipinski definition) is 4. The van der Waals surface area contributed by atoms with Gasteiger partial charge in [0, 0.05) is 12.5 Å². The Labute approximate surface area is 153 Å². The summed E-state index contributed by atoms with van der Waals surface area (Å²) in [5.74, 6) is 0.956. The summed E-state index contributed by atoms with van der Waals surface area (Å²) in [7, 11) is -2.05.